The van der Waals surface area contributed by atoms with Crippen LogP contribution in [0.5, 0.6) is 0 Å². The summed E-state index contributed by atoms with van der Waals surface area (Å²) in [5.74, 6) is -0.916. The maximum Gasteiger partial charge on any atom is 0.354 e. The first kappa shape index (κ1) is 10.2. The Bertz CT molecular complexity index is 496. The molecule has 78 valence electrons. The van der Waals surface area contributed by atoms with E-state index in [0.29, 0.717) is 10.9 Å². The SMILES string of the molecule is COC(=O)c1cc2c(Br)ccc(F)c2[nH]1. The fourth-order valence-electron chi connectivity index (χ4n) is 1.37. The minimum atomic E-state index is -0.516. The minimum Gasteiger partial charge on any atom is -0.464 e. The molecule has 0 fully saturated rings. The van der Waals surface area contributed by atoms with Gasteiger partial charge in [-0.3, -0.25) is 0 Å². The van der Waals surface area contributed by atoms with Crippen LogP contribution >= 0.6 is 15.9 Å². The zero-order valence-corrected chi connectivity index (χ0v) is 9.39. The van der Waals surface area contributed by atoms with Crippen LogP contribution in [0, 0.1) is 5.82 Å². The summed E-state index contributed by atoms with van der Waals surface area (Å²) in [5, 5.41) is 0.621. The van der Waals surface area contributed by atoms with E-state index in [1.807, 2.05) is 0 Å². The summed E-state index contributed by atoms with van der Waals surface area (Å²) in [6, 6.07) is 4.46. The second-order valence-electron chi connectivity index (χ2n) is 2.99. The summed E-state index contributed by atoms with van der Waals surface area (Å²) < 4.78 is 18.6. The summed E-state index contributed by atoms with van der Waals surface area (Å²) in [4.78, 5) is 13.9. The number of fused-ring (bicyclic) bond motifs is 1. The van der Waals surface area contributed by atoms with Crippen LogP contribution in [-0.4, -0.2) is 18.1 Å². The maximum absolute atomic E-state index is 13.3. The third-order valence-electron chi connectivity index (χ3n) is 2.10. The Labute approximate surface area is 93.4 Å². The third-order valence-corrected chi connectivity index (χ3v) is 2.79. The molecule has 0 aliphatic rings. The van der Waals surface area contributed by atoms with Gasteiger partial charge in [-0.15, -0.1) is 0 Å². The second kappa shape index (κ2) is 3.66. The smallest absolute Gasteiger partial charge is 0.354 e. The Balaban J connectivity index is 2.70. The van der Waals surface area contributed by atoms with Crippen LogP contribution in [0.3, 0.4) is 0 Å². The fraction of sp³-hybridized carbons (Fsp3) is 0.100. The maximum atomic E-state index is 13.3. The van der Waals surface area contributed by atoms with Crippen molar-refractivity contribution in [2.45, 2.75) is 0 Å². The van der Waals surface area contributed by atoms with Crippen molar-refractivity contribution < 1.29 is 13.9 Å². The second-order valence-corrected chi connectivity index (χ2v) is 3.85. The van der Waals surface area contributed by atoms with Crippen LogP contribution in [0.25, 0.3) is 10.9 Å². The lowest BCUT2D eigenvalue weighted by atomic mass is 10.2. The molecule has 0 unspecified atom stereocenters. The van der Waals surface area contributed by atoms with E-state index in [1.165, 1.54) is 13.2 Å². The highest BCUT2D eigenvalue weighted by Crippen LogP contribution is 2.26. The molecule has 0 aliphatic carbocycles. The normalized spacial score (nSPS) is 10.6. The molecule has 3 nitrogen and oxygen atoms in total. The van der Waals surface area contributed by atoms with Crippen molar-refractivity contribution in [3.05, 3.63) is 34.2 Å². The fourth-order valence-corrected chi connectivity index (χ4v) is 1.82. The zero-order valence-electron chi connectivity index (χ0n) is 7.80. The molecule has 5 heteroatoms. The Hall–Kier alpha value is -1.36. The van der Waals surface area contributed by atoms with Crippen molar-refractivity contribution in [2.75, 3.05) is 7.11 Å². The van der Waals surface area contributed by atoms with Gasteiger partial charge in [0.25, 0.3) is 0 Å². The van der Waals surface area contributed by atoms with E-state index >= 15 is 0 Å². The number of aromatic amines is 1. The van der Waals surface area contributed by atoms with Gasteiger partial charge in [-0.25, -0.2) is 9.18 Å². The first-order chi connectivity index (χ1) is 7.13. The number of halogens is 2. The van der Waals surface area contributed by atoms with Crippen molar-refractivity contribution in [2.24, 2.45) is 0 Å². The van der Waals surface area contributed by atoms with E-state index < -0.39 is 11.8 Å². The Morgan fingerprint density at radius 1 is 1.53 bits per heavy atom. The van der Waals surface area contributed by atoms with E-state index in [1.54, 1.807) is 12.1 Å². The number of rotatable bonds is 1. The molecular weight excluding hydrogens is 265 g/mol. The molecule has 2 aromatic rings. The quantitative estimate of drug-likeness (QED) is 0.811. The topological polar surface area (TPSA) is 42.1 Å². The summed E-state index contributed by atoms with van der Waals surface area (Å²) >= 11 is 3.28. The highest BCUT2D eigenvalue weighted by molar-refractivity contribution is 9.10. The number of carbonyl (C=O) groups is 1. The van der Waals surface area contributed by atoms with Crippen LogP contribution in [0.15, 0.2) is 22.7 Å². The van der Waals surface area contributed by atoms with Gasteiger partial charge >= 0.3 is 5.97 Å². The predicted molar refractivity (Wildman–Crippen MR) is 57.3 cm³/mol. The van der Waals surface area contributed by atoms with Crippen molar-refractivity contribution in [3.63, 3.8) is 0 Å². The van der Waals surface area contributed by atoms with E-state index in [4.69, 9.17) is 0 Å². The molecule has 0 radical (unpaired) electrons. The molecule has 0 atom stereocenters. The molecule has 0 spiro atoms. The molecule has 0 saturated carbocycles. The van der Waals surface area contributed by atoms with Gasteiger partial charge in [0.2, 0.25) is 0 Å². The summed E-state index contributed by atoms with van der Waals surface area (Å²) in [5.41, 5.74) is 0.531. The molecular formula is C10H7BrFNO2. The van der Waals surface area contributed by atoms with Gasteiger partial charge < -0.3 is 9.72 Å². The van der Waals surface area contributed by atoms with Gasteiger partial charge in [-0.05, 0) is 18.2 Å². The van der Waals surface area contributed by atoms with E-state index in [2.05, 4.69) is 25.7 Å². The average Bonchev–Trinajstić information content (AvgIpc) is 2.68. The lowest BCUT2D eigenvalue weighted by Crippen LogP contribution is -2.00. The number of hydrogen-bond donors (Lipinski definition) is 1. The lowest BCUT2D eigenvalue weighted by Gasteiger charge is -1.94. The van der Waals surface area contributed by atoms with Gasteiger partial charge in [-0.2, -0.15) is 0 Å². The van der Waals surface area contributed by atoms with Crippen molar-refractivity contribution >= 4 is 32.8 Å². The van der Waals surface area contributed by atoms with Crippen LogP contribution in [0.4, 0.5) is 4.39 Å². The van der Waals surface area contributed by atoms with Crippen LogP contribution in [-0.2, 0) is 4.74 Å². The molecule has 0 saturated heterocycles. The van der Waals surface area contributed by atoms with Crippen LogP contribution in [0.2, 0.25) is 0 Å². The summed E-state index contributed by atoms with van der Waals surface area (Å²) in [6.07, 6.45) is 0. The first-order valence-corrected chi connectivity index (χ1v) is 4.98. The van der Waals surface area contributed by atoms with Crippen molar-refractivity contribution in [1.82, 2.24) is 4.98 Å². The number of hydrogen-bond acceptors (Lipinski definition) is 2. The van der Waals surface area contributed by atoms with Crippen LogP contribution < -0.4 is 0 Å². The average molecular weight is 272 g/mol. The van der Waals surface area contributed by atoms with E-state index in [0.717, 1.165) is 4.47 Å². The highest BCUT2D eigenvalue weighted by Gasteiger charge is 2.13. The van der Waals surface area contributed by atoms with Crippen LogP contribution in [0.1, 0.15) is 10.5 Å². The number of nitrogens with one attached hydrogen (secondary N) is 1. The standard InChI is InChI=1S/C10H7BrFNO2/c1-15-10(14)8-4-5-6(11)2-3-7(12)9(5)13-8/h2-4,13H,1H3. The molecule has 1 aromatic heterocycles. The highest BCUT2D eigenvalue weighted by atomic mass is 79.9. The molecule has 1 heterocycles. The largest absolute Gasteiger partial charge is 0.464 e. The van der Waals surface area contributed by atoms with Gasteiger partial charge in [-0.1, -0.05) is 15.9 Å². The third kappa shape index (κ3) is 1.63. The predicted octanol–water partition coefficient (Wildman–Crippen LogP) is 2.86. The number of H-pyrrole nitrogens is 1. The number of aromatic nitrogens is 1. The zero-order chi connectivity index (χ0) is 11.0. The Kier molecular flexibility index (Phi) is 2.48. The van der Waals surface area contributed by atoms with Gasteiger partial charge in [0.15, 0.2) is 0 Å². The molecule has 2 rings (SSSR count). The number of methoxy groups -OCH3 is 1. The van der Waals surface area contributed by atoms with Gasteiger partial charge in [0.1, 0.15) is 11.5 Å². The number of carbonyl (C=O) groups excluding carboxylic acids is 1. The molecule has 1 N–H and O–H groups in total. The van der Waals surface area contributed by atoms with Crippen molar-refractivity contribution in [1.29, 1.82) is 0 Å². The number of ether oxygens (including phenoxy) is 1. The van der Waals surface area contributed by atoms with E-state index in [9.17, 15) is 9.18 Å². The lowest BCUT2D eigenvalue weighted by molar-refractivity contribution is 0.0595. The molecule has 15 heavy (non-hydrogen) atoms. The van der Waals surface area contributed by atoms with Crippen molar-refractivity contribution in [3.8, 4) is 0 Å². The first-order valence-electron chi connectivity index (χ1n) is 4.18. The monoisotopic (exact) mass is 271 g/mol. The number of benzene rings is 1. The minimum absolute atomic E-state index is 0.235. The summed E-state index contributed by atoms with van der Waals surface area (Å²) in [7, 11) is 1.28. The number of esters is 1. The Morgan fingerprint density at radius 2 is 2.27 bits per heavy atom. The molecule has 0 bridgehead atoms. The Morgan fingerprint density at radius 3 is 2.87 bits per heavy atom. The summed E-state index contributed by atoms with van der Waals surface area (Å²) in [6.45, 7) is 0. The molecule has 0 amide bonds. The molecule has 0 aliphatic heterocycles. The molecule has 1 aromatic carbocycles. The van der Waals surface area contributed by atoms with Gasteiger partial charge in [0.05, 0.1) is 12.6 Å². The van der Waals surface area contributed by atoms with E-state index in [-0.39, 0.29) is 5.69 Å². The van der Waals surface area contributed by atoms with Gasteiger partial charge in [0, 0.05) is 9.86 Å².